The lowest BCUT2D eigenvalue weighted by molar-refractivity contribution is 0.520. The van der Waals surface area contributed by atoms with Gasteiger partial charge in [-0.1, -0.05) is 172 Å². The van der Waals surface area contributed by atoms with Gasteiger partial charge in [-0.25, -0.2) is 0 Å². The summed E-state index contributed by atoms with van der Waals surface area (Å²) >= 11 is 0. The highest BCUT2D eigenvalue weighted by Crippen LogP contribution is 2.15. The molecule has 0 aromatic heterocycles. The molecular formula is C29H53. The first-order valence-corrected chi connectivity index (χ1v) is 13.3. The largest absolute Gasteiger partial charge is 0.0845 e. The first-order valence-electron chi connectivity index (χ1n) is 13.3. The van der Waals surface area contributed by atoms with Crippen molar-refractivity contribution >= 4 is 0 Å². The minimum Gasteiger partial charge on any atom is -0.0845 e. The molecule has 0 atom stereocenters. The number of allylic oxidation sites excluding steroid dienone is 5. The zero-order valence-electron chi connectivity index (χ0n) is 20.0. The second-order valence-corrected chi connectivity index (χ2v) is 8.87. The molecule has 0 N–H and O–H groups in total. The Morgan fingerprint density at radius 1 is 0.414 bits per heavy atom. The lowest BCUT2D eigenvalue weighted by Gasteiger charge is -2.04. The molecule has 0 aromatic carbocycles. The van der Waals surface area contributed by atoms with E-state index in [1.807, 2.05) is 12.2 Å². The minimum atomic E-state index is 1.20. The van der Waals surface area contributed by atoms with Crippen molar-refractivity contribution < 1.29 is 0 Å². The maximum atomic E-state index is 5.28. The van der Waals surface area contributed by atoms with E-state index in [1.54, 1.807) is 6.08 Å². The van der Waals surface area contributed by atoms with Crippen LogP contribution in [-0.4, -0.2) is 0 Å². The van der Waals surface area contributed by atoms with Crippen molar-refractivity contribution in [2.45, 2.75) is 148 Å². The van der Waals surface area contributed by atoms with E-state index in [2.05, 4.69) is 19.1 Å². The van der Waals surface area contributed by atoms with Crippen LogP contribution in [0.25, 0.3) is 0 Å². The number of hydrogen-bond donors (Lipinski definition) is 0. The summed E-state index contributed by atoms with van der Waals surface area (Å²) in [7, 11) is 0. The third kappa shape index (κ3) is 27.2. The van der Waals surface area contributed by atoms with Crippen LogP contribution in [0.2, 0.25) is 0 Å². The third-order valence-electron chi connectivity index (χ3n) is 5.94. The van der Waals surface area contributed by atoms with Crippen LogP contribution in [0, 0.1) is 6.58 Å². The summed E-state index contributed by atoms with van der Waals surface area (Å²) in [6.45, 7) is 7.58. The van der Waals surface area contributed by atoms with Crippen LogP contribution in [-0.2, 0) is 0 Å². The molecule has 0 heterocycles. The predicted molar refractivity (Wildman–Crippen MR) is 134 cm³/mol. The Kier molecular flexibility index (Phi) is 26.5. The molecule has 0 rings (SSSR count). The summed E-state index contributed by atoms with van der Waals surface area (Å²) in [4.78, 5) is 0. The fraction of sp³-hybridized carbons (Fsp3) is 0.793. The summed E-state index contributed by atoms with van der Waals surface area (Å²) in [6, 6.07) is 0. The van der Waals surface area contributed by atoms with Gasteiger partial charge in [-0.2, -0.15) is 0 Å². The highest BCUT2D eigenvalue weighted by molar-refractivity contribution is 5.07. The Labute approximate surface area is 185 Å². The molecule has 0 aromatic rings. The van der Waals surface area contributed by atoms with Gasteiger partial charge in [-0.15, -0.1) is 0 Å². The molecule has 0 aliphatic carbocycles. The molecule has 0 amide bonds. The maximum Gasteiger partial charge on any atom is -0.0348 e. The number of rotatable bonds is 24. The molecule has 169 valence electrons. The molecule has 0 aliphatic rings. The van der Waals surface area contributed by atoms with E-state index in [1.165, 1.54) is 141 Å². The molecule has 0 heteroatoms. The predicted octanol–water partition coefficient (Wildman–Crippen LogP) is 10.7. The monoisotopic (exact) mass is 401 g/mol. The van der Waals surface area contributed by atoms with Gasteiger partial charge in [0.1, 0.15) is 0 Å². The fourth-order valence-corrected chi connectivity index (χ4v) is 4.00. The van der Waals surface area contributed by atoms with Gasteiger partial charge in [0, 0.05) is 0 Å². The third-order valence-corrected chi connectivity index (χ3v) is 5.94. The van der Waals surface area contributed by atoms with E-state index in [0.29, 0.717) is 0 Å². The average molecular weight is 402 g/mol. The first-order chi connectivity index (χ1) is 14.4. The van der Waals surface area contributed by atoms with Crippen molar-refractivity contribution in [3.8, 4) is 0 Å². The van der Waals surface area contributed by atoms with Gasteiger partial charge in [-0.05, 0) is 12.8 Å². The Hall–Kier alpha value is -0.780. The zero-order chi connectivity index (χ0) is 21.1. The summed E-state index contributed by atoms with van der Waals surface area (Å²) in [5.74, 6) is 0. The molecule has 0 unspecified atom stereocenters. The minimum absolute atomic E-state index is 1.20. The zero-order valence-corrected chi connectivity index (χ0v) is 20.0. The van der Waals surface area contributed by atoms with Crippen molar-refractivity contribution in [1.29, 1.82) is 0 Å². The SMILES string of the molecule is [CH]=C/C=C/C=C/CCCCCCCCCCCCCCCCCCCCCCC. The maximum absolute atomic E-state index is 5.28. The van der Waals surface area contributed by atoms with Gasteiger partial charge < -0.3 is 0 Å². The van der Waals surface area contributed by atoms with E-state index < -0.39 is 0 Å². The van der Waals surface area contributed by atoms with Crippen molar-refractivity contribution in [1.82, 2.24) is 0 Å². The van der Waals surface area contributed by atoms with E-state index >= 15 is 0 Å². The van der Waals surface area contributed by atoms with Crippen LogP contribution in [0.3, 0.4) is 0 Å². The van der Waals surface area contributed by atoms with Gasteiger partial charge in [0.2, 0.25) is 0 Å². The van der Waals surface area contributed by atoms with Crippen LogP contribution < -0.4 is 0 Å². The van der Waals surface area contributed by atoms with Crippen LogP contribution in [0.1, 0.15) is 148 Å². The van der Waals surface area contributed by atoms with Crippen molar-refractivity contribution in [3.05, 3.63) is 37.0 Å². The molecule has 0 fully saturated rings. The molecule has 0 nitrogen and oxygen atoms in total. The molecule has 0 aliphatic heterocycles. The van der Waals surface area contributed by atoms with Crippen LogP contribution >= 0.6 is 0 Å². The number of unbranched alkanes of at least 4 members (excludes halogenated alkanes) is 21. The van der Waals surface area contributed by atoms with Crippen LogP contribution in [0.4, 0.5) is 0 Å². The van der Waals surface area contributed by atoms with Gasteiger partial charge >= 0.3 is 0 Å². The molecular weight excluding hydrogens is 348 g/mol. The van der Waals surface area contributed by atoms with E-state index in [0.717, 1.165) is 0 Å². The summed E-state index contributed by atoms with van der Waals surface area (Å²) in [5, 5.41) is 0. The van der Waals surface area contributed by atoms with E-state index in [9.17, 15) is 0 Å². The van der Waals surface area contributed by atoms with E-state index in [-0.39, 0.29) is 0 Å². The van der Waals surface area contributed by atoms with Crippen LogP contribution in [0.5, 0.6) is 0 Å². The molecule has 0 saturated carbocycles. The Bertz CT molecular complexity index is 349. The van der Waals surface area contributed by atoms with E-state index in [4.69, 9.17) is 6.58 Å². The smallest absolute Gasteiger partial charge is 0.0348 e. The van der Waals surface area contributed by atoms with Crippen LogP contribution in [0.15, 0.2) is 30.4 Å². The molecule has 0 bridgehead atoms. The molecule has 0 saturated heterocycles. The summed E-state index contributed by atoms with van der Waals surface area (Å²) < 4.78 is 0. The highest BCUT2D eigenvalue weighted by Gasteiger charge is 1.95. The first kappa shape index (κ1) is 28.2. The number of hydrogen-bond acceptors (Lipinski definition) is 0. The average Bonchev–Trinajstić information content (AvgIpc) is 2.74. The quantitative estimate of drug-likeness (QED) is 0.111. The normalized spacial score (nSPS) is 11.8. The van der Waals surface area contributed by atoms with Crippen molar-refractivity contribution in [2.24, 2.45) is 0 Å². The fourth-order valence-electron chi connectivity index (χ4n) is 4.00. The lowest BCUT2D eigenvalue weighted by atomic mass is 10.0. The Morgan fingerprint density at radius 3 is 1.10 bits per heavy atom. The van der Waals surface area contributed by atoms with Gasteiger partial charge in [-0.3, -0.25) is 0 Å². The second-order valence-electron chi connectivity index (χ2n) is 8.87. The van der Waals surface area contributed by atoms with Gasteiger partial charge in [0.15, 0.2) is 0 Å². The van der Waals surface area contributed by atoms with Crippen molar-refractivity contribution in [2.75, 3.05) is 0 Å². The highest BCUT2D eigenvalue weighted by atomic mass is 14.0. The molecule has 0 spiro atoms. The summed E-state index contributed by atoms with van der Waals surface area (Å²) in [6.07, 6.45) is 41.4. The topological polar surface area (TPSA) is 0 Å². The van der Waals surface area contributed by atoms with Crippen molar-refractivity contribution in [3.63, 3.8) is 0 Å². The summed E-state index contributed by atoms with van der Waals surface area (Å²) in [5.41, 5.74) is 0. The Balaban J connectivity index is 3.04. The molecule has 29 heavy (non-hydrogen) atoms. The standard InChI is InChI=1S/C29H53/c1-3-5-7-9-11-13-15-17-19-21-23-25-27-29-28-26-24-22-20-18-16-14-12-10-8-6-4-2/h1,3,5,7,9,11H,4,6,8,10,12-29H2,2H3/b3-1?,7-5+,11-9+. The Morgan fingerprint density at radius 2 is 0.759 bits per heavy atom. The second kappa shape index (κ2) is 27.2. The van der Waals surface area contributed by atoms with Gasteiger partial charge in [0.25, 0.3) is 0 Å². The van der Waals surface area contributed by atoms with Gasteiger partial charge in [0.05, 0.1) is 0 Å². The molecule has 1 radical (unpaired) electrons. The lowest BCUT2D eigenvalue weighted by Crippen LogP contribution is -1.84.